The van der Waals surface area contributed by atoms with Gasteiger partial charge < -0.3 is 25.0 Å². The number of amides is 1. The minimum absolute atomic E-state index is 0.307. The lowest BCUT2D eigenvalue weighted by molar-refractivity contribution is -0.138. The molecule has 2 aliphatic heterocycles. The molecule has 2 aromatic heterocycles. The minimum atomic E-state index is -1.43. The van der Waals surface area contributed by atoms with E-state index in [1.165, 1.54) is 0 Å². The quantitative estimate of drug-likeness (QED) is 0.364. The maximum Gasteiger partial charge on any atom is 0.256 e. The molecule has 0 saturated carbocycles. The van der Waals surface area contributed by atoms with E-state index in [1.54, 1.807) is 6.33 Å². The zero-order chi connectivity index (χ0) is 25.0. The minimum Gasteiger partial charge on any atom is -0.380 e. The summed E-state index contributed by atoms with van der Waals surface area (Å²) in [7, 11) is 0. The fourth-order valence-electron chi connectivity index (χ4n) is 4.60. The number of aromatic amines is 1. The van der Waals surface area contributed by atoms with Crippen molar-refractivity contribution in [1.82, 2.24) is 19.9 Å². The number of piperidine rings is 1. The number of carbonyl (C=O) groups is 2. The van der Waals surface area contributed by atoms with Gasteiger partial charge in [0.05, 0.1) is 25.1 Å². The molecule has 186 valence electrons. The number of likely N-dealkylation sites (tertiary alicyclic amines) is 1. The molecule has 0 atom stereocenters. The number of H-pyrrole nitrogens is 1. The third-order valence-electron chi connectivity index (χ3n) is 6.74. The molecular weight excluding hydrogens is 460 g/mol. The number of aldehydes is 1. The molecule has 10 nitrogen and oxygen atoms in total. The summed E-state index contributed by atoms with van der Waals surface area (Å²) in [5.74, 6) is 5.62. The van der Waals surface area contributed by atoms with Crippen molar-refractivity contribution in [3.8, 4) is 23.1 Å². The highest BCUT2D eigenvalue weighted by atomic mass is 16.5. The van der Waals surface area contributed by atoms with E-state index in [2.05, 4.69) is 37.0 Å². The van der Waals surface area contributed by atoms with Crippen LogP contribution in [0.5, 0.6) is 0 Å². The molecule has 3 aromatic rings. The smallest absolute Gasteiger partial charge is 0.256 e. The van der Waals surface area contributed by atoms with Crippen LogP contribution in [0.3, 0.4) is 0 Å². The molecule has 2 aliphatic rings. The number of ether oxygens (including phenoxy) is 1. The van der Waals surface area contributed by atoms with E-state index in [0.29, 0.717) is 57.7 Å². The molecule has 2 saturated heterocycles. The number of nitrogens with zero attached hydrogens (tertiary/aromatic N) is 4. The second-order valence-corrected chi connectivity index (χ2v) is 9.02. The van der Waals surface area contributed by atoms with Crippen molar-refractivity contribution >= 4 is 34.7 Å². The van der Waals surface area contributed by atoms with E-state index in [-0.39, 0.29) is 0 Å². The molecule has 0 spiro atoms. The summed E-state index contributed by atoms with van der Waals surface area (Å²) < 4.78 is 5.46. The molecule has 0 unspecified atom stereocenters. The first-order chi connectivity index (χ1) is 17.6. The predicted octanol–water partition coefficient (Wildman–Crippen LogP) is 1.43. The van der Waals surface area contributed by atoms with Gasteiger partial charge in [0, 0.05) is 37.6 Å². The van der Waals surface area contributed by atoms with Crippen LogP contribution in [0.4, 0.5) is 11.5 Å². The summed E-state index contributed by atoms with van der Waals surface area (Å²) in [6.45, 7) is 4.46. The molecule has 2 fully saturated rings. The maximum absolute atomic E-state index is 12.8. The van der Waals surface area contributed by atoms with Gasteiger partial charge in [-0.05, 0) is 42.5 Å². The summed E-state index contributed by atoms with van der Waals surface area (Å²) in [6, 6.07) is 9.52. The Hall–Kier alpha value is -3.78. The van der Waals surface area contributed by atoms with Gasteiger partial charge in [-0.15, -0.1) is 0 Å². The number of nitrogens with one attached hydrogen (secondary N) is 2. The van der Waals surface area contributed by atoms with Gasteiger partial charge in [-0.25, -0.2) is 9.97 Å². The van der Waals surface area contributed by atoms with Gasteiger partial charge in [0.15, 0.2) is 6.29 Å². The standard InChI is InChI=1S/C26H28N6O4/c33-14-2-1-9-31-10-7-26(35,8-11-31)25(34)29-20-5-3-19(4-6-20)22-17-21-23(30-22)27-18-28-24(21)32-12-15-36-16-13-32/h3-6,14,17-18,35H,7-13,15-16H2,(H,29,34)(H,27,28,30). The van der Waals surface area contributed by atoms with Gasteiger partial charge in [0.25, 0.3) is 5.91 Å². The van der Waals surface area contributed by atoms with Crippen LogP contribution in [0.1, 0.15) is 12.8 Å². The monoisotopic (exact) mass is 488 g/mol. The number of anilines is 2. The molecular formula is C26H28N6O4. The average molecular weight is 489 g/mol. The highest BCUT2D eigenvalue weighted by molar-refractivity contribution is 5.97. The van der Waals surface area contributed by atoms with Crippen LogP contribution in [-0.2, 0) is 14.3 Å². The normalized spacial score (nSPS) is 17.9. The summed E-state index contributed by atoms with van der Waals surface area (Å²) >= 11 is 0. The molecule has 1 amide bonds. The number of fused-ring (bicyclic) bond motifs is 1. The van der Waals surface area contributed by atoms with Gasteiger partial charge in [0.1, 0.15) is 23.4 Å². The van der Waals surface area contributed by atoms with Gasteiger partial charge in [-0.1, -0.05) is 18.1 Å². The molecule has 0 aliphatic carbocycles. The summed E-state index contributed by atoms with van der Waals surface area (Å²) in [5.41, 5.74) is 1.80. The van der Waals surface area contributed by atoms with Crippen LogP contribution in [-0.4, -0.2) is 88.7 Å². The number of aliphatic hydroxyl groups is 1. The summed E-state index contributed by atoms with van der Waals surface area (Å²) in [5, 5.41) is 14.7. The Labute approximate surface area is 208 Å². The highest BCUT2D eigenvalue weighted by Crippen LogP contribution is 2.30. The third-order valence-corrected chi connectivity index (χ3v) is 6.74. The Morgan fingerprint density at radius 2 is 1.92 bits per heavy atom. The lowest BCUT2D eigenvalue weighted by atomic mass is 9.90. The van der Waals surface area contributed by atoms with E-state index >= 15 is 0 Å². The van der Waals surface area contributed by atoms with Crippen molar-refractivity contribution in [2.24, 2.45) is 0 Å². The van der Waals surface area contributed by atoms with Crippen LogP contribution in [0, 0.1) is 11.8 Å². The SMILES string of the molecule is O=CC#CCN1CCC(O)(C(=O)Nc2ccc(-c3cc4c(N5CCOCC5)ncnc4[nH]3)cc2)CC1. The first-order valence-electron chi connectivity index (χ1n) is 12.0. The Morgan fingerprint density at radius 3 is 2.64 bits per heavy atom. The van der Waals surface area contributed by atoms with Gasteiger partial charge in [-0.3, -0.25) is 14.5 Å². The third kappa shape index (κ3) is 5.09. The van der Waals surface area contributed by atoms with Crippen molar-refractivity contribution in [3.05, 3.63) is 36.7 Å². The fraction of sp³-hybridized carbons (Fsp3) is 0.385. The van der Waals surface area contributed by atoms with Crippen LogP contribution in [0.2, 0.25) is 0 Å². The van der Waals surface area contributed by atoms with Crippen molar-refractivity contribution in [3.63, 3.8) is 0 Å². The second-order valence-electron chi connectivity index (χ2n) is 9.02. The van der Waals surface area contributed by atoms with Crippen LogP contribution < -0.4 is 10.2 Å². The molecule has 5 rings (SSSR count). The number of hydrogen-bond donors (Lipinski definition) is 3. The Bertz CT molecular complexity index is 1300. The second kappa shape index (κ2) is 10.5. The number of carbonyl (C=O) groups excluding carboxylic acids is 2. The lowest BCUT2D eigenvalue weighted by Crippen LogP contribution is -2.51. The number of morpholine rings is 1. The largest absolute Gasteiger partial charge is 0.380 e. The number of hydrogen-bond acceptors (Lipinski definition) is 8. The van der Waals surface area contributed by atoms with E-state index < -0.39 is 11.5 Å². The predicted molar refractivity (Wildman–Crippen MR) is 135 cm³/mol. The zero-order valence-corrected chi connectivity index (χ0v) is 19.9. The Kier molecular flexibility index (Phi) is 6.95. The molecule has 4 heterocycles. The van der Waals surface area contributed by atoms with Gasteiger partial charge in [-0.2, -0.15) is 0 Å². The first kappa shape index (κ1) is 23.9. The van der Waals surface area contributed by atoms with Crippen molar-refractivity contribution < 1.29 is 19.4 Å². The molecule has 1 aromatic carbocycles. The summed E-state index contributed by atoms with van der Waals surface area (Å²) in [4.78, 5) is 39.6. The number of rotatable bonds is 5. The number of aromatic nitrogens is 3. The molecule has 10 heteroatoms. The van der Waals surface area contributed by atoms with E-state index in [9.17, 15) is 14.7 Å². The van der Waals surface area contributed by atoms with E-state index in [4.69, 9.17) is 4.74 Å². The van der Waals surface area contributed by atoms with Gasteiger partial charge >= 0.3 is 0 Å². The topological polar surface area (TPSA) is 124 Å². The molecule has 0 radical (unpaired) electrons. The first-order valence-corrected chi connectivity index (χ1v) is 12.0. The maximum atomic E-state index is 12.8. The van der Waals surface area contributed by atoms with E-state index in [0.717, 1.165) is 41.2 Å². The van der Waals surface area contributed by atoms with Crippen molar-refractivity contribution in [1.29, 1.82) is 0 Å². The Balaban J connectivity index is 1.25. The van der Waals surface area contributed by atoms with Crippen LogP contribution in [0.25, 0.3) is 22.3 Å². The summed E-state index contributed by atoms with van der Waals surface area (Å²) in [6.07, 6.45) is 2.75. The lowest BCUT2D eigenvalue weighted by Gasteiger charge is -2.36. The molecule has 0 bridgehead atoms. The van der Waals surface area contributed by atoms with Gasteiger partial charge in [0.2, 0.25) is 0 Å². The molecule has 3 N–H and O–H groups in total. The van der Waals surface area contributed by atoms with Crippen LogP contribution >= 0.6 is 0 Å². The van der Waals surface area contributed by atoms with Crippen molar-refractivity contribution in [2.45, 2.75) is 18.4 Å². The van der Waals surface area contributed by atoms with Crippen molar-refractivity contribution in [2.75, 3.05) is 56.2 Å². The van der Waals surface area contributed by atoms with E-state index in [1.807, 2.05) is 35.2 Å². The average Bonchev–Trinajstić information content (AvgIpc) is 3.35. The molecule has 36 heavy (non-hydrogen) atoms. The zero-order valence-electron chi connectivity index (χ0n) is 19.9. The van der Waals surface area contributed by atoms with Crippen LogP contribution in [0.15, 0.2) is 36.7 Å². The fourth-order valence-corrected chi connectivity index (χ4v) is 4.60. The highest BCUT2D eigenvalue weighted by Gasteiger charge is 2.39. The Morgan fingerprint density at radius 1 is 1.17 bits per heavy atom. The number of benzene rings is 1.